The van der Waals surface area contributed by atoms with Crippen molar-refractivity contribution >= 4 is 50.1 Å². The lowest BCUT2D eigenvalue weighted by Gasteiger charge is -2.19. The summed E-state index contributed by atoms with van der Waals surface area (Å²) >= 11 is 0. The minimum atomic E-state index is 0.862. The van der Waals surface area contributed by atoms with E-state index in [9.17, 15) is 0 Å². The van der Waals surface area contributed by atoms with Crippen LogP contribution >= 0.6 is 0 Å². The second kappa shape index (κ2) is 19.6. The van der Waals surface area contributed by atoms with Gasteiger partial charge in [-0.15, -0.1) is 12.8 Å². The van der Waals surface area contributed by atoms with E-state index in [1.165, 1.54) is 88.6 Å². The van der Waals surface area contributed by atoms with E-state index < -0.39 is 0 Å². The first-order chi connectivity index (χ1) is 30.1. The Kier molecular flexibility index (Phi) is 13.4. The fourth-order valence-electron chi connectivity index (χ4n) is 8.62. The summed E-state index contributed by atoms with van der Waals surface area (Å²) in [6, 6.07) is 51.6. The Hall–Kier alpha value is -7.34. The van der Waals surface area contributed by atoms with Crippen LogP contribution in [0.15, 0.2) is 195 Å². The van der Waals surface area contributed by atoms with E-state index in [4.69, 9.17) is 0 Å². The van der Waals surface area contributed by atoms with Gasteiger partial charge in [0.25, 0.3) is 0 Å². The van der Waals surface area contributed by atoms with Gasteiger partial charge in [0.15, 0.2) is 0 Å². The van der Waals surface area contributed by atoms with Gasteiger partial charge in [-0.05, 0) is 127 Å². The zero-order valence-electron chi connectivity index (χ0n) is 35.9. The van der Waals surface area contributed by atoms with Crippen molar-refractivity contribution in [3.63, 3.8) is 0 Å². The molecule has 0 N–H and O–H groups in total. The van der Waals surface area contributed by atoms with Gasteiger partial charge in [-0.2, -0.15) is 0 Å². The second-order valence-electron chi connectivity index (χ2n) is 14.9. The fraction of sp³-hybridized carbons (Fsp3) is 0.119. The molecule has 61 heavy (non-hydrogen) atoms. The average Bonchev–Trinajstić information content (AvgIpc) is 3.84. The molecule has 1 aliphatic carbocycles. The number of aromatic nitrogens is 2. The molecule has 0 fully saturated rings. The topological polar surface area (TPSA) is 9.86 Å². The zero-order chi connectivity index (χ0) is 42.7. The Morgan fingerprint density at radius 3 is 1.98 bits per heavy atom. The van der Waals surface area contributed by atoms with Crippen molar-refractivity contribution in [2.24, 2.45) is 0 Å². The number of para-hydroxylation sites is 1. The third-order valence-corrected chi connectivity index (χ3v) is 11.3. The van der Waals surface area contributed by atoms with Gasteiger partial charge < -0.3 is 9.13 Å². The van der Waals surface area contributed by atoms with E-state index in [0.717, 1.165) is 25.0 Å². The molecule has 2 heteroatoms. The van der Waals surface area contributed by atoms with Gasteiger partial charge in [-0.25, -0.2) is 0 Å². The number of nitrogens with zero attached hydrogens (tertiary/aromatic N) is 2. The van der Waals surface area contributed by atoms with Crippen molar-refractivity contribution in [1.82, 2.24) is 9.13 Å². The standard InChI is InChI=1S/C55H46N2.C2H6.C2H2/c1-4-6-8-12-20-40-33-46(42-23-15-10-16-24-42)35-47(34-40)57-54-31-27-43(41-21-13-9-14-22-41)36-50(54)51-38-45(29-32-55(51)57)44-28-30-53-49(37-44)48-25-17-18-26-52(48)56(53)39(3)19-11-7-5-2;2*1-2/h4-19,21-26,28-30,32-38H,2,20,27,31H2,1,3H3;1-2H3;1-2H/b6-4-,11-7-,12-8-,39-19+;;. The highest BCUT2D eigenvalue weighted by molar-refractivity contribution is 6.11. The first-order valence-corrected chi connectivity index (χ1v) is 21.4. The molecule has 300 valence electrons. The largest absolute Gasteiger partial charge is 0.313 e. The normalized spacial score (nSPS) is 12.7. The van der Waals surface area contributed by atoms with Crippen LogP contribution in [0.25, 0.3) is 78.0 Å². The Morgan fingerprint density at radius 1 is 0.607 bits per heavy atom. The highest BCUT2D eigenvalue weighted by Crippen LogP contribution is 2.42. The van der Waals surface area contributed by atoms with Crippen LogP contribution < -0.4 is 0 Å². The van der Waals surface area contributed by atoms with Crippen molar-refractivity contribution in [1.29, 1.82) is 0 Å². The van der Waals surface area contributed by atoms with Crippen LogP contribution in [0.3, 0.4) is 0 Å². The summed E-state index contributed by atoms with van der Waals surface area (Å²) in [7, 11) is 0. The summed E-state index contributed by atoms with van der Waals surface area (Å²) in [5.41, 5.74) is 17.6. The maximum absolute atomic E-state index is 4.00. The van der Waals surface area contributed by atoms with Crippen LogP contribution in [0, 0.1) is 12.8 Å². The number of benzene rings is 6. The van der Waals surface area contributed by atoms with Crippen molar-refractivity contribution in [2.45, 2.75) is 47.0 Å². The predicted octanol–water partition coefficient (Wildman–Crippen LogP) is 16.1. The average molecular weight is 791 g/mol. The van der Waals surface area contributed by atoms with Crippen LogP contribution in [0.5, 0.6) is 0 Å². The molecule has 0 radical (unpaired) electrons. The molecule has 0 aliphatic heterocycles. The molecule has 0 bridgehead atoms. The lowest BCUT2D eigenvalue weighted by molar-refractivity contribution is 0.897. The van der Waals surface area contributed by atoms with Gasteiger partial charge in [0.05, 0.1) is 16.6 Å². The van der Waals surface area contributed by atoms with Crippen molar-refractivity contribution in [3.8, 4) is 40.8 Å². The lowest BCUT2D eigenvalue weighted by atomic mass is 9.90. The first-order valence-electron chi connectivity index (χ1n) is 21.4. The molecule has 2 aromatic heterocycles. The molecule has 2 heterocycles. The van der Waals surface area contributed by atoms with E-state index in [0.29, 0.717) is 0 Å². The van der Waals surface area contributed by atoms with Crippen LogP contribution in [0.1, 0.15) is 56.5 Å². The molecule has 6 aromatic carbocycles. The first kappa shape index (κ1) is 41.8. The minimum absolute atomic E-state index is 0.862. The Bertz CT molecular complexity index is 2990. The molecule has 0 saturated heterocycles. The van der Waals surface area contributed by atoms with E-state index in [2.05, 4.69) is 224 Å². The monoisotopic (exact) mass is 790 g/mol. The zero-order valence-corrected chi connectivity index (χ0v) is 35.9. The molecule has 0 amide bonds. The van der Waals surface area contributed by atoms with Gasteiger partial charge in [0, 0.05) is 38.8 Å². The highest BCUT2D eigenvalue weighted by atomic mass is 15.0. The number of rotatable bonds is 10. The Balaban J connectivity index is 0.00000136. The van der Waals surface area contributed by atoms with Crippen LogP contribution in [-0.4, -0.2) is 9.13 Å². The maximum atomic E-state index is 4.00. The summed E-state index contributed by atoms with van der Waals surface area (Å²) in [4.78, 5) is 0. The van der Waals surface area contributed by atoms with E-state index in [1.54, 1.807) is 0 Å². The summed E-state index contributed by atoms with van der Waals surface area (Å²) < 4.78 is 4.91. The predicted molar refractivity (Wildman–Crippen MR) is 268 cm³/mol. The van der Waals surface area contributed by atoms with E-state index >= 15 is 0 Å². The molecule has 9 rings (SSSR count). The number of hydrogen-bond donors (Lipinski definition) is 0. The number of fused-ring (bicyclic) bond motifs is 6. The van der Waals surface area contributed by atoms with Crippen molar-refractivity contribution in [3.05, 3.63) is 217 Å². The lowest BCUT2D eigenvalue weighted by Crippen LogP contribution is -2.06. The van der Waals surface area contributed by atoms with Crippen LogP contribution in [-0.2, 0) is 12.8 Å². The molecule has 2 nitrogen and oxygen atoms in total. The molecule has 0 saturated carbocycles. The van der Waals surface area contributed by atoms with Crippen molar-refractivity contribution in [2.75, 3.05) is 0 Å². The smallest absolute Gasteiger partial charge is 0.0538 e. The molecule has 0 atom stereocenters. The molecular weight excluding hydrogens is 737 g/mol. The Labute approximate surface area is 362 Å². The summed E-state index contributed by atoms with van der Waals surface area (Å²) in [5, 5.41) is 3.79. The fourth-order valence-corrected chi connectivity index (χ4v) is 8.62. The van der Waals surface area contributed by atoms with Crippen LogP contribution in [0.4, 0.5) is 0 Å². The van der Waals surface area contributed by atoms with Gasteiger partial charge in [-0.3, -0.25) is 0 Å². The minimum Gasteiger partial charge on any atom is -0.313 e. The van der Waals surface area contributed by atoms with Gasteiger partial charge in [-0.1, -0.05) is 160 Å². The second-order valence-corrected chi connectivity index (χ2v) is 14.9. The third-order valence-electron chi connectivity index (χ3n) is 11.3. The van der Waals surface area contributed by atoms with E-state index in [1.807, 2.05) is 26.0 Å². The molecule has 0 unspecified atom stereocenters. The molecule has 8 aromatic rings. The summed E-state index contributed by atoms with van der Waals surface area (Å²) in [5.74, 6) is 0. The Morgan fingerprint density at radius 2 is 1.26 bits per heavy atom. The number of hydrogen-bond acceptors (Lipinski definition) is 0. The SMILES string of the molecule is C#C.C=C/C=C\C=C(/C)n1c2ccccc2c2cc(-c3ccc4c(c3)c3c(n4-c4cc(C/C=C\C=C/C)cc(-c5ccccc5)c4)CCC(c4ccccc4)=C3)ccc21.CC. The third kappa shape index (κ3) is 8.56. The van der Waals surface area contributed by atoms with Gasteiger partial charge in [0.1, 0.15) is 0 Å². The van der Waals surface area contributed by atoms with Gasteiger partial charge >= 0.3 is 0 Å². The molecular formula is C59H54N2. The van der Waals surface area contributed by atoms with E-state index in [-0.39, 0.29) is 0 Å². The maximum Gasteiger partial charge on any atom is 0.0538 e. The quantitative estimate of drug-likeness (QED) is 0.0965. The highest BCUT2D eigenvalue weighted by Gasteiger charge is 2.23. The van der Waals surface area contributed by atoms with Crippen molar-refractivity contribution < 1.29 is 0 Å². The molecule has 0 spiro atoms. The number of allylic oxidation sites excluding steroid dienone is 10. The summed E-state index contributed by atoms with van der Waals surface area (Å²) in [6.07, 6.45) is 29.9. The van der Waals surface area contributed by atoms with Crippen LogP contribution in [0.2, 0.25) is 0 Å². The number of terminal acetylenes is 1. The summed E-state index contributed by atoms with van der Waals surface area (Å²) in [6.45, 7) is 12.1. The molecule has 1 aliphatic rings. The van der Waals surface area contributed by atoms with Gasteiger partial charge in [0.2, 0.25) is 0 Å².